The lowest BCUT2D eigenvalue weighted by Crippen LogP contribution is -2.40. The molecule has 0 aliphatic carbocycles. The van der Waals surface area contributed by atoms with Crippen LogP contribution in [0.5, 0.6) is 5.75 Å². The minimum Gasteiger partial charge on any atom is -0.492 e. The van der Waals surface area contributed by atoms with Crippen LogP contribution < -0.4 is 10.1 Å². The molecular weight excluding hydrogens is 484 g/mol. The molecule has 0 aromatic heterocycles. The Bertz CT molecular complexity index is 1210. The fraction of sp³-hybridized carbons (Fsp3) is 0.269. The van der Waals surface area contributed by atoms with E-state index in [1.807, 2.05) is 42.5 Å². The molecule has 1 aliphatic heterocycles. The lowest BCUT2D eigenvalue weighted by molar-refractivity contribution is 0.0730. The summed E-state index contributed by atoms with van der Waals surface area (Å²) in [5.41, 5.74) is 1.83. The van der Waals surface area contributed by atoms with Crippen LogP contribution in [0, 0.1) is 0 Å². The molecule has 0 bridgehead atoms. The second-order valence-corrected chi connectivity index (χ2v) is 10.8. The topological polar surface area (TPSA) is 84.9 Å². The summed E-state index contributed by atoms with van der Waals surface area (Å²) in [4.78, 5) is 13.9. The smallest absolute Gasteiger partial charge is 0.252 e. The predicted octanol–water partition coefficient (Wildman–Crippen LogP) is 3.81. The van der Waals surface area contributed by atoms with Crippen molar-refractivity contribution in [2.75, 3.05) is 39.5 Å². The van der Waals surface area contributed by atoms with Crippen LogP contribution in [0.3, 0.4) is 0 Å². The second-order valence-electron chi connectivity index (χ2n) is 7.86. The highest BCUT2D eigenvalue weighted by atomic mass is 32.2. The first-order valence-electron chi connectivity index (χ1n) is 11.4. The van der Waals surface area contributed by atoms with Gasteiger partial charge in [-0.25, -0.2) is 8.42 Å². The average Bonchev–Trinajstić information content (AvgIpc) is 2.91. The zero-order chi connectivity index (χ0) is 24.5. The number of ether oxygens (including phenoxy) is 2. The molecule has 1 N–H and O–H groups in total. The Morgan fingerprint density at radius 3 is 2.37 bits per heavy atom. The minimum atomic E-state index is -3.53. The standard InChI is InChI=1S/C26H28N2O5S2/c29-26(24-8-4-5-9-25(24)34-20-21-6-2-1-3-7-21)27-14-17-33-22-10-12-23(13-11-22)35(30,31)28-15-18-32-19-16-28/h1-13H,14-20H2,(H,27,29). The Labute approximate surface area is 210 Å². The van der Waals surface area contributed by atoms with E-state index in [-0.39, 0.29) is 17.4 Å². The van der Waals surface area contributed by atoms with E-state index in [1.54, 1.807) is 36.0 Å². The van der Waals surface area contributed by atoms with Crippen LogP contribution in [-0.4, -0.2) is 58.1 Å². The first kappa shape index (κ1) is 25.2. The summed E-state index contributed by atoms with van der Waals surface area (Å²) in [5.74, 6) is 1.17. The number of sulfonamides is 1. The van der Waals surface area contributed by atoms with Crippen LogP contribution in [0.4, 0.5) is 0 Å². The van der Waals surface area contributed by atoms with Gasteiger partial charge in [0, 0.05) is 23.7 Å². The number of nitrogens with one attached hydrogen (secondary N) is 1. The van der Waals surface area contributed by atoms with Crippen molar-refractivity contribution in [3.05, 3.63) is 90.0 Å². The van der Waals surface area contributed by atoms with Gasteiger partial charge >= 0.3 is 0 Å². The molecule has 0 spiro atoms. The fourth-order valence-corrected chi connectivity index (χ4v) is 6.00. The van der Waals surface area contributed by atoms with Crippen LogP contribution in [0.15, 0.2) is 88.7 Å². The van der Waals surface area contributed by atoms with Crippen molar-refractivity contribution in [1.82, 2.24) is 9.62 Å². The van der Waals surface area contributed by atoms with Crippen LogP contribution >= 0.6 is 11.8 Å². The molecule has 0 unspecified atom stereocenters. The van der Waals surface area contributed by atoms with E-state index in [9.17, 15) is 13.2 Å². The van der Waals surface area contributed by atoms with Crippen LogP contribution in [0.25, 0.3) is 0 Å². The number of thioether (sulfide) groups is 1. The van der Waals surface area contributed by atoms with E-state index in [0.29, 0.717) is 44.2 Å². The maximum atomic E-state index is 12.7. The lowest BCUT2D eigenvalue weighted by atomic mass is 10.2. The third-order valence-electron chi connectivity index (χ3n) is 5.46. The summed E-state index contributed by atoms with van der Waals surface area (Å²) in [6.07, 6.45) is 0. The Balaban J connectivity index is 1.26. The first-order valence-corrected chi connectivity index (χ1v) is 13.8. The largest absolute Gasteiger partial charge is 0.492 e. The molecule has 184 valence electrons. The van der Waals surface area contributed by atoms with E-state index < -0.39 is 10.0 Å². The summed E-state index contributed by atoms with van der Waals surface area (Å²) >= 11 is 1.63. The van der Waals surface area contributed by atoms with Crippen molar-refractivity contribution in [3.8, 4) is 5.75 Å². The number of carbonyl (C=O) groups is 1. The number of morpholine rings is 1. The maximum absolute atomic E-state index is 12.7. The Morgan fingerprint density at radius 1 is 0.943 bits per heavy atom. The maximum Gasteiger partial charge on any atom is 0.252 e. The molecular formula is C26H28N2O5S2. The molecule has 1 amide bonds. The molecule has 1 aliphatic rings. The molecule has 3 aromatic rings. The number of rotatable bonds is 10. The number of carbonyl (C=O) groups excluding carboxylic acids is 1. The van der Waals surface area contributed by atoms with Gasteiger partial charge in [-0.15, -0.1) is 11.8 Å². The Hall–Kier alpha value is -2.85. The molecule has 0 atom stereocenters. The van der Waals surface area contributed by atoms with Crippen molar-refractivity contribution in [3.63, 3.8) is 0 Å². The van der Waals surface area contributed by atoms with Gasteiger partial charge in [0.1, 0.15) is 12.4 Å². The summed E-state index contributed by atoms with van der Waals surface area (Å²) in [7, 11) is -3.53. The number of hydrogen-bond donors (Lipinski definition) is 1. The zero-order valence-electron chi connectivity index (χ0n) is 19.3. The van der Waals surface area contributed by atoms with E-state index in [0.717, 1.165) is 10.6 Å². The van der Waals surface area contributed by atoms with Gasteiger partial charge in [-0.3, -0.25) is 4.79 Å². The summed E-state index contributed by atoms with van der Waals surface area (Å²) in [6, 6.07) is 24.0. The van der Waals surface area contributed by atoms with Gasteiger partial charge in [-0.1, -0.05) is 42.5 Å². The van der Waals surface area contributed by atoms with E-state index in [2.05, 4.69) is 17.4 Å². The molecule has 35 heavy (non-hydrogen) atoms. The highest BCUT2D eigenvalue weighted by Gasteiger charge is 2.26. The molecule has 1 heterocycles. The molecule has 9 heteroatoms. The van der Waals surface area contributed by atoms with E-state index >= 15 is 0 Å². The van der Waals surface area contributed by atoms with Gasteiger partial charge in [0.25, 0.3) is 5.91 Å². The summed E-state index contributed by atoms with van der Waals surface area (Å²) in [6.45, 7) is 2.11. The molecule has 3 aromatic carbocycles. The van der Waals surface area contributed by atoms with Crippen molar-refractivity contribution >= 4 is 27.7 Å². The van der Waals surface area contributed by atoms with Crippen molar-refractivity contribution in [1.29, 1.82) is 0 Å². The third kappa shape index (κ3) is 6.85. The van der Waals surface area contributed by atoms with Crippen molar-refractivity contribution in [2.24, 2.45) is 0 Å². The van der Waals surface area contributed by atoms with E-state index in [4.69, 9.17) is 9.47 Å². The van der Waals surface area contributed by atoms with Gasteiger partial charge in [0.15, 0.2) is 0 Å². The van der Waals surface area contributed by atoms with Crippen LogP contribution in [0.1, 0.15) is 15.9 Å². The highest BCUT2D eigenvalue weighted by molar-refractivity contribution is 7.98. The monoisotopic (exact) mass is 512 g/mol. The predicted molar refractivity (Wildman–Crippen MR) is 136 cm³/mol. The number of benzene rings is 3. The quantitative estimate of drug-likeness (QED) is 0.329. The van der Waals surface area contributed by atoms with Gasteiger partial charge in [-0.2, -0.15) is 4.31 Å². The summed E-state index contributed by atoms with van der Waals surface area (Å²) < 4.78 is 37.8. The van der Waals surface area contributed by atoms with Gasteiger partial charge in [-0.05, 0) is 42.0 Å². The van der Waals surface area contributed by atoms with Gasteiger partial charge < -0.3 is 14.8 Å². The average molecular weight is 513 g/mol. The van der Waals surface area contributed by atoms with Gasteiger partial charge in [0.05, 0.1) is 30.2 Å². The van der Waals surface area contributed by atoms with Crippen LogP contribution in [-0.2, 0) is 20.5 Å². The SMILES string of the molecule is O=C(NCCOc1ccc(S(=O)(=O)N2CCOCC2)cc1)c1ccccc1SCc1ccccc1. The normalized spacial score (nSPS) is 14.4. The highest BCUT2D eigenvalue weighted by Crippen LogP contribution is 2.26. The molecule has 7 nitrogen and oxygen atoms in total. The fourth-order valence-electron chi connectivity index (χ4n) is 3.59. The van der Waals surface area contributed by atoms with Crippen LogP contribution in [0.2, 0.25) is 0 Å². The van der Waals surface area contributed by atoms with E-state index in [1.165, 1.54) is 9.87 Å². The second kappa shape index (κ2) is 12.2. The van der Waals surface area contributed by atoms with Gasteiger partial charge in [0.2, 0.25) is 10.0 Å². The number of amides is 1. The zero-order valence-corrected chi connectivity index (χ0v) is 20.9. The number of nitrogens with zero attached hydrogens (tertiary/aromatic N) is 1. The Morgan fingerprint density at radius 2 is 1.63 bits per heavy atom. The molecule has 4 rings (SSSR count). The Kier molecular flexibility index (Phi) is 8.81. The minimum absolute atomic E-state index is 0.156. The summed E-state index contributed by atoms with van der Waals surface area (Å²) in [5, 5.41) is 2.89. The van der Waals surface area contributed by atoms with Crippen molar-refractivity contribution < 1.29 is 22.7 Å². The molecule has 1 fully saturated rings. The lowest BCUT2D eigenvalue weighted by Gasteiger charge is -2.26. The molecule has 0 saturated carbocycles. The third-order valence-corrected chi connectivity index (χ3v) is 8.51. The van der Waals surface area contributed by atoms with Crippen molar-refractivity contribution in [2.45, 2.75) is 15.5 Å². The molecule has 0 radical (unpaired) electrons. The number of hydrogen-bond acceptors (Lipinski definition) is 6. The molecule has 1 saturated heterocycles. The first-order chi connectivity index (χ1) is 17.0.